The van der Waals surface area contributed by atoms with Gasteiger partial charge in [-0.2, -0.15) is 0 Å². The van der Waals surface area contributed by atoms with Crippen LogP contribution < -0.4 is 0 Å². The van der Waals surface area contributed by atoms with Gasteiger partial charge in [0.1, 0.15) is 4.60 Å². The average molecular weight is 250 g/mol. The third-order valence-corrected chi connectivity index (χ3v) is 3.34. The van der Waals surface area contributed by atoms with Crippen LogP contribution in [0.5, 0.6) is 0 Å². The molecule has 0 fully saturated rings. The van der Waals surface area contributed by atoms with E-state index in [0.29, 0.717) is 0 Å². The Kier molecular flexibility index (Phi) is 2.31. The summed E-state index contributed by atoms with van der Waals surface area (Å²) in [6.07, 6.45) is 0. The Hall–Kier alpha value is -0.890. The minimum Gasteiger partial charge on any atom is -0.240 e. The normalized spacial score (nSPS) is 10.9. The van der Waals surface area contributed by atoms with E-state index in [0.717, 1.165) is 10.1 Å². The monoisotopic (exact) mass is 249 g/mol. The number of nitrogens with zero attached hydrogens (tertiary/aromatic N) is 1. The Labute approximate surface area is 92.3 Å². The maximum absolute atomic E-state index is 4.55. The number of halogens is 1. The Morgan fingerprint density at radius 3 is 2.36 bits per heavy atom. The van der Waals surface area contributed by atoms with Crippen molar-refractivity contribution in [3.05, 3.63) is 39.5 Å². The van der Waals surface area contributed by atoms with Crippen molar-refractivity contribution >= 4 is 26.8 Å². The van der Waals surface area contributed by atoms with Gasteiger partial charge in [0.2, 0.25) is 0 Å². The highest BCUT2D eigenvalue weighted by atomic mass is 79.9. The van der Waals surface area contributed by atoms with Gasteiger partial charge in [-0.05, 0) is 59.5 Å². The summed E-state index contributed by atoms with van der Waals surface area (Å²) >= 11 is 3.46. The number of benzene rings is 1. The summed E-state index contributed by atoms with van der Waals surface area (Å²) in [6, 6.07) is 6.45. The molecule has 0 spiro atoms. The maximum atomic E-state index is 4.55. The molecule has 0 radical (unpaired) electrons. The average Bonchev–Trinajstić information content (AvgIpc) is 2.15. The second-order valence-corrected chi connectivity index (χ2v) is 4.44. The second-order valence-electron chi connectivity index (χ2n) is 3.69. The Morgan fingerprint density at radius 2 is 1.64 bits per heavy atom. The molecule has 0 aliphatic carbocycles. The number of rotatable bonds is 0. The summed E-state index contributed by atoms with van der Waals surface area (Å²) in [6.45, 7) is 6.28. The molecule has 0 unspecified atom stereocenters. The summed E-state index contributed by atoms with van der Waals surface area (Å²) in [5.74, 6) is 0. The predicted octanol–water partition coefficient (Wildman–Crippen LogP) is 3.92. The molecule has 2 aromatic rings. The zero-order valence-corrected chi connectivity index (χ0v) is 10.1. The zero-order chi connectivity index (χ0) is 10.3. The summed E-state index contributed by atoms with van der Waals surface area (Å²) in [5.41, 5.74) is 4.80. The first-order valence-corrected chi connectivity index (χ1v) is 5.42. The lowest BCUT2D eigenvalue weighted by Gasteiger charge is -2.07. The minimum atomic E-state index is 0.943. The molecule has 1 aromatic heterocycles. The van der Waals surface area contributed by atoms with Crippen molar-refractivity contribution in [3.63, 3.8) is 0 Å². The van der Waals surface area contributed by atoms with Gasteiger partial charge in [-0.15, -0.1) is 0 Å². The van der Waals surface area contributed by atoms with Gasteiger partial charge in [-0.1, -0.05) is 12.1 Å². The van der Waals surface area contributed by atoms with Crippen LogP contribution in [0.25, 0.3) is 10.9 Å². The summed E-state index contributed by atoms with van der Waals surface area (Å²) in [4.78, 5) is 4.55. The van der Waals surface area contributed by atoms with Crippen molar-refractivity contribution in [2.75, 3.05) is 0 Å². The molecule has 0 amide bonds. The Bertz CT molecular complexity index is 457. The van der Waals surface area contributed by atoms with E-state index in [2.05, 4.69) is 59.9 Å². The van der Waals surface area contributed by atoms with Gasteiger partial charge >= 0.3 is 0 Å². The number of hydrogen-bond donors (Lipinski definition) is 0. The molecule has 0 bridgehead atoms. The molecule has 72 valence electrons. The van der Waals surface area contributed by atoms with Gasteiger partial charge in [-0.3, -0.25) is 0 Å². The van der Waals surface area contributed by atoms with Crippen LogP contribution in [0.4, 0.5) is 0 Å². The lowest BCUT2D eigenvalue weighted by Crippen LogP contribution is -1.89. The molecule has 1 nitrogen and oxygen atoms in total. The summed E-state index contributed by atoms with van der Waals surface area (Å²) in [5, 5.41) is 1.26. The lowest BCUT2D eigenvalue weighted by atomic mass is 10.0. The van der Waals surface area contributed by atoms with Crippen LogP contribution in [0.1, 0.15) is 16.7 Å². The molecule has 0 saturated carbocycles. The van der Waals surface area contributed by atoms with Crippen molar-refractivity contribution in [1.82, 2.24) is 4.98 Å². The standard InChI is InChI=1S/C12H12BrN/c1-7-4-5-8(2)11-10(7)6-9(3)12(13)14-11/h4-6H,1-3H3. The van der Waals surface area contributed by atoms with Crippen molar-refractivity contribution in [3.8, 4) is 0 Å². The van der Waals surface area contributed by atoms with Gasteiger partial charge < -0.3 is 0 Å². The fourth-order valence-electron chi connectivity index (χ4n) is 1.61. The summed E-state index contributed by atoms with van der Waals surface area (Å²) < 4.78 is 0.943. The van der Waals surface area contributed by atoms with Crippen LogP contribution in [0.15, 0.2) is 22.8 Å². The predicted molar refractivity (Wildman–Crippen MR) is 63.7 cm³/mol. The number of hydrogen-bond acceptors (Lipinski definition) is 1. The van der Waals surface area contributed by atoms with Gasteiger partial charge in [0.25, 0.3) is 0 Å². The maximum Gasteiger partial charge on any atom is 0.109 e. The topological polar surface area (TPSA) is 12.9 Å². The smallest absolute Gasteiger partial charge is 0.109 e. The number of aryl methyl sites for hydroxylation is 3. The van der Waals surface area contributed by atoms with E-state index >= 15 is 0 Å². The van der Waals surface area contributed by atoms with E-state index in [9.17, 15) is 0 Å². The zero-order valence-electron chi connectivity index (χ0n) is 8.56. The van der Waals surface area contributed by atoms with Crippen LogP contribution in [0.2, 0.25) is 0 Å². The highest BCUT2D eigenvalue weighted by Gasteiger charge is 2.04. The Morgan fingerprint density at radius 1 is 1.00 bits per heavy atom. The quantitative estimate of drug-likeness (QED) is 0.645. The molecular formula is C12H12BrN. The number of fused-ring (bicyclic) bond motifs is 1. The number of pyridine rings is 1. The van der Waals surface area contributed by atoms with Crippen molar-refractivity contribution < 1.29 is 0 Å². The largest absolute Gasteiger partial charge is 0.240 e. The van der Waals surface area contributed by atoms with E-state index < -0.39 is 0 Å². The van der Waals surface area contributed by atoms with Gasteiger partial charge in [-0.25, -0.2) is 4.98 Å². The molecule has 0 saturated heterocycles. The molecule has 2 rings (SSSR count). The Balaban J connectivity index is 2.94. The van der Waals surface area contributed by atoms with E-state index in [-0.39, 0.29) is 0 Å². The van der Waals surface area contributed by atoms with Gasteiger partial charge in [0.05, 0.1) is 5.52 Å². The lowest BCUT2D eigenvalue weighted by molar-refractivity contribution is 1.25. The van der Waals surface area contributed by atoms with Gasteiger partial charge in [0, 0.05) is 5.39 Å². The van der Waals surface area contributed by atoms with Crippen LogP contribution in [-0.4, -0.2) is 4.98 Å². The highest BCUT2D eigenvalue weighted by Crippen LogP contribution is 2.25. The molecule has 14 heavy (non-hydrogen) atoms. The first-order valence-electron chi connectivity index (χ1n) is 4.62. The molecule has 1 aromatic carbocycles. The highest BCUT2D eigenvalue weighted by molar-refractivity contribution is 9.10. The van der Waals surface area contributed by atoms with E-state index in [4.69, 9.17) is 0 Å². The minimum absolute atomic E-state index is 0.943. The van der Waals surface area contributed by atoms with Crippen molar-refractivity contribution in [2.24, 2.45) is 0 Å². The third kappa shape index (κ3) is 1.44. The van der Waals surface area contributed by atoms with Crippen molar-refractivity contribution in [1.29, 1.82) is 0 Å². The SMILES string of the molecule is Cc1cc2c(C)ccc(C)c2nc1Br. The van der Waals surface area contributed by atoms with Crippen molar-refractivity contribution in [2.45, 2.75) is 20.8 Å². The molecular weight excluding hydrogens is 238 g/mol. The van der Waals surface area contributed by atoms with E-state index in [1.807, 2.05) is 0 Å². The second kappa shape index (κ2) is 3.35. The van der Waals surface area contributed by atoms with Gasteiger partial charge in [0.15, 0.2) is 0 Å². The van der Waals surface area contributed by atoms with E-state index in [1.165, 1.54) is 22.1 Å². The van der Waals surface area contributed by atoms with Crippen LogP contribution >= 0.6 is 15.9 Å². The number of aromatic nitrogens is 1. The van der Waals surface area contributed by atoms with E-state index in [1.54, 1.807) is 0 Å². The third-order valence-electron chi connectivity index (χ3n) is 2.53. The molecule has 0 aliphatic heterocycles. The molecule has 0 N–H and O–H groups in total. The van der Waals surface area contributed by atoms with Crippen LogP contribution in [0.3, 0.4) is 0 Å². The molecule has 0 aliphatic rings. The molecule has 1 heterocycles. The first kappa shape index (κ1) is 9.66. The fraction of sp³-hybridized carbons (Fsp3) is 0.250. The summed E-state index contributed by atoms with van der Waals surface area (Å²) in [7, 11) is 0. The molecule has 2 heteroatoms. The molecule has 0 atom stereocenters. The van der Waals surface area contributed by atoms with Crippen LogP contribution in [-0.2, 0) is 0 Å². The van der Waals surface area contributed by atoms with Crippen LogP contribution in [0, 0.1) is 20.8 Å². The fourth-order valence-corrected chi connectivity index (χ4v) is 1.90. The first-order chi connectivity index (χ1) is 6.59.